The van der Waals surface area contributed by atoms with Crippen LogP contribution in [-0.2, 0) is 32.0 Å². The average Bonchev–Trinajstić information content (AvgIpc) is 3.79. The number of aryl methyl sites for hydroxylation is 2. The van der Waals surface area contributed by atoms with E-state index in [-0.39, 0.29) is 12.2 Å². The second kappa shape index (κ2) is 16.3. The lowest BCUT2D eigenvalue weighted by Crippen LogP contribution is -2.40. The number of carboxylic acid groups (broad SMARTS) is 1. The molecule has 2 saturated heterocycles. The number of aliphatic carboxylic acids is 1. The van der Waals surface area contributed by atoms with Crippen molar-refractivity contribution in [3.63, 3.8) is 0 Å². The van der Waals surface area contributed by atoms with Crippen molar-refractivity contribution in [2.24, 2.45) is 5.73 Å². The van der Waals surface area contributed by atoms with Gasteiger partial charge in [0.1, 0.15) is 48.4 Å². The predicted molar refractivity (Wildman–Crippen MR) is 170 cm³/mol. The number of benzene rings is 2. The summed E-state index contributed by atoms with van der Waals surface area (Å²) in [5, 5.41) is 58.3. The van der Waals surface area contributed by atoms with Crippen LogP contribution in [0, 0.1) is 0 Å². The second-order valence-electron chi connectivity index (χ2n) is 11.8. The summed E-state index contributed by atoms with van der Waals surface area (Å²) < 4.78 is 51.8. The number of ether oxygens (including phenoxy) is 3. The zero-order valence-electron chi connectivity index (χ0n) is 26.9. The number of carboxylic acids is 1. The van der Waals surface area contributed by atoms with E-state index < -0.39 is 78.6 Å². The Morgan fingerprint density at radius 2 is 1.60 bits per heavy atom. The van der Waals surface area contributed by atoms with Crippen molar-refractivity contribution in [1.29, 1.82) is 0 Å². The Kier molecular flexibility index (Phi) is 12.0. The minimum absolute atomic E-state index is 0.0935. The van der Waals surface area contributed by atoms with Crippen LogP contribution in [0.1, 0.15) is 23.6 Å². The number of nitrogens with two attached hydrogens (primary N) is 1. The maximum atomic E-state index is 12.4. The van der Waals surface area contributed by atoms with Gasteiger partial charge in [-0.25, -0.2) is 9.59 Å². The van der Waals surface area contributed by atoms with E-state index in [9.17, 15) is 43.2 Å². The van der Waals surface area contributed by atoms with Gasteiger partial charge >= 0.3 is 17.8 Å². The molecule has 4 aromatic rings. The van der Waals surface area contributed by atoms with Gasteiger partial charge in [0.25, 0.3) is 5.56 Å². The molecule has 52 heavy (non-hydrogen) atoms. The quantitative estimate of drug-likeness (QED) is 0.108. The van der Waals surface area contributed by atoms with Gasteiger partial charge < -0.3 is 45.5 Å². The Balaban J connectivity index is 0.000000679. The Bertz CT molecular complexity index is 1910. The summed E-state index contributed by atoms with van der Waals surface area (Å²) in [6, 6.07) is 19.3. The molecule has 2 fully saturated rings. The summed E-state index contributed by atoms with van der Waals surface area (Å²) in [4.78, 5) is 35.0. The van der Waals surface area contributed by atoms with Gasteiger partial charge in [-0.2, -0.15) is 13.2 Å². The van der Waals surface area contributed by atoms with Gasteiger partial charge in [-0.05, 0) is 23.1 Å². The molecular formula is C32H35F3N6O11. The van der Waals surface area contributed by atoms with Crippen LogP contribution < -0.4 is 17.0 Å². The number of nitrogens with zero attached hydrogens (tertiary/aromatic N) is 4. The molecule has 2 aromatic carbocycles. The van der Waals surface area contributed by atoms with Crippen LogP contribution in [0.4, 0.5) is 13.2 Å². The van der Waals surface area contributed by atoms with Gasteiger partial charge in [-0.1, -0.05) is 59.8 Å². The van der Waals surface area contributed by atoms with Crippen LogP contribution in [0.2, 0.25) is 0 Å². The van der Waals surface area contributed by atoms with E-state index in [4.69, 9.17) is 29.8 Å². The lowest BCUT2D eigenvalue weighted by atomic mass is 10.0. The van der Waals surface area contributed by atoms with Crippen molar-refractivity contribution in [2.75, 3.05) is 6.54 Å². The highest BCUT2D eigenvalue weighted by molar-refractivity contribution is 5.73. The number of H-pyrrole nitrogens is 1. The Labute approximate surface area is 291 Å². The number of aromatic amines is 1. The standard InChI is InChI=1S/C30H34N6O9.C2HF3O2/c31-14-20-22(38)25(41)29(43-20)45-26(27-23(39)24(40)28(44-27)36-13-11-21(37)32-30(36)42)19-15-35(34-33-19)12-10-16-6-8-18(9-7-16)17-4-2-1-3-5-17;3-2(4,5)1(6)7/h1-9,11,13,15,20,22-29,38-41H,10,12,14,31H2,(H,32,37,42);(H,6,7)/t20-,22-,23+,24-,25-,26+,27+,28-,29+;/m1./s1. The molecule has 0 amide bonds. The van der Waals surface area contributed by atoms with Crippen LogP contribution >= 0.6 is 0 Å². The minimum atomic E-state index is -5.08. The molecule has 6 rings (SSSR count). The zero-order valence-corrected chi connectivity index (χ0v) is 26.9. The first kappa shape index (κ1) is 38.4. The fourth-order valence-corrected chi connectivity index (χ4v) is 5.57. The monoisotopic (exact) mass is 736 g/mol. The molecule has 280 valence electrons. The second-order valence-corrected chi connectivity index (χ2v) is 11.8. The number of aliphatic hydroxyl groups excluding tert-OH is 4. The largest absolute Gasteiger partial charge is 0.490 e. The number of hydrogen-bond acceptors (Lipinski definition) is 13. The molecule has 0 bridgehead atoms. The number of nitrogens with one attached hydrogen (secondary N) is 1. The van der Waals surface area contributed by atoms with Crippen LogP contribution in [0.15, 0.2) is 82.6 Å². The van der Waals surface area contributed by atoms with E-state index in [2.05, 4.69) is 15.3 Å². The number of rotatable bonds is 10. The maximum Gasteiger partial charge on any atom is 0.490 e. The normalized spacial score (nSPS) is 26.5. The van der Waals surface area contributed by atoms with Gasteiger partial charge in [-0.3, -0.25) is 19.0 Å². The molecule has 0 unspecified atom stereocenters. The molecule has 9 atom stereocenters. The van der Waals surface area contributed by atoms with Crippen molar-refractivity contribution < 1.29 is 57.7 Å². The molecule has 2 aliphatic rings. The molecule has 4 heterocycles. The molecule has 20 heteroatoms. The molecule has 8 N–H and O–H groups in total. The van der Waals surface area contributed by atoms with E-state index in [1.165, 1.54) is 0 Å². The van der Waals surface area contributed by atoms with E-state index in [0.717, 1.165) is 33.5 Å². The van der Waals surface area contributed by atoms with Gasteiger partial charge in [0.15, 0.2) is 12.5 Å². The Morgan fingerprint density at radius 1 is 0.942 bits per heavy atom. The molecule has 0 saturated carbocycles. The number of carbonyl (C=O) groups is 1. The summed E-state index contributed by atoms with van der Waals surface area (Å²) in [5.74, 6) is -2.76. The number of halogens is 3. The van der Waals surface area contributed by atoms with Crippen LogP contribution in [-0.4, -0.2) is 112 Å². The molecular weight excluding hydrogens is 701 g/mol. The third kappa shape index (κ3) is 8.80. The molecule has 0 spiro atoms. The zero-order chi connectivity index (χ0) is 37.7. The number of alkyl halides is 3. The third-order valence-corrected chi connectivity index (χ3v) is 8.31. The van der Waals surface area contributed by atoms with E-state index in [1.54, 1.807) is 10.9 Å². The van der Waals surface area contributed by atoms with Crippen molar-refractivity contribution in [3.8, 4) is 11.1 Å². The van der Waals surface area contributed by atoms with E-state index in [1.807, 2.05) is 54.6 Å². The summed E-state index contributed by atoms with van der Waals surface area (Å²) in [6.07, 6.45) is -14.1. The first-order valence-electron chi connectivity index (χ1n) is 15.7. The topological polar surface area (TPSA) is 257 Å². The van der Waals surface area contributed by atoms with E-state index >= 15 is 0 Å². The number of aromatic nitrogens is 5. The summed E-state index contributed by atoms with van der Waals surface area (Å²) in [5.41, 5.74) is 7.59. The lowest BCUT2D eigenvalue weighted by molar-refractivity contribution is -0.224. The maximum absolute atomic E-state index is 12.4. The minimum Gasteiger partial charge on any atom is -0.475 e. The smallest absolute Gasteiger partial charge is 0.475 e. The number of hydrogen-bond donors (Lipinski definition) is 7. The predicted octanol–water partition coefficient (Wildman–Crippen LogP) is -0.546. The van der Waals surface area contributed by atoms with Crippen molar-refractivity contribution >= 4 is 5.97 Å². The van der Waals surface area contributed by atoms with Crippen molar-refractivity contribution in [3.05, 3.63) is 105 Å². The lowest BCUT2D eigenvalue weighted by Gasteiger charge is -2.28. The first-order valence-corrected chi connectivity index (χ1v) is 15.7. The summed E-state index contributed by atoms with van der Waals surface area (Å²) in [7, 11) is 0. The average molecular weight is 737 g/mol. The van der Waals surface area contributed by atoms with Crippen LogP contribution in [0.5, 0.6) is 0 Å². The Morgan fingerprint density at radius 3 is 2.19 bits per heavy atom. The molecule has 0 radical (unpaired) electrons. The Hall–Kier alpha value is -4.80. The van der Waals surface area contributed by atoms with Gasteiger partial charge in [0, 0.05) is 25.4 Å². The highest BCUT2D eigenvalue weighted by Gasteiger charge is 2.52. The summed E-state index contributed by atoms with van der Waals surface area (Å²) in [6.45, 7) is 0.344. The SMILES string of the molecule is NC[C@H]1O[C@@H](O[C@@H](c2cn(CCc3ccc(-c4ccccc4)cc3)nn2)[C@H]2O[C@@H](n3ccc(=O)[nH]c3=O)[C@H](O)[C@@H]2O)[C@H](O)[C@@H]1O.O=C(O)C(F)(F)F. The highest BCUT2D eigenvalue weighted by atomic mass is 19.4. The van der Waals surface area contributed by atoms with Gasteiger partial charge in [0.05, 0.1) is 6.20 Å². The molecule has 17 nitrogen and oxygen atoms in total. The fourth-order valence-electron chi connectivity index (χ4n) is 5.57. The van der Waals surface area contributed by atoms with Gasteiger partial charge in [-0.15, -0.1) is 5.10 Å². The summed E-state index contributed by atoms with van der Waals surface area (Å²) >= 11 is 0. The van der Waals surface area contributed by atoms with Crippen molar-refractivity contribution in [1.82, 2.24) is 24.5 Å². The van der Waals surface area contributed by atoms with Crippen LogP contribution in [0.25, 0.3) is 11.1 Å². The number of aliphatic hydroxyl groups is 4. The van der Waals surface area contributed by atoms with Crippen molar-refractivity contribution in [2.45, 2.75) is 74.4 Å². The van der Waals surface area contributed by atoms with Crippen LogP contribution in [0.3, 0.4) is 0 Å². The van der Waals surface area contributed by atoms with Gasteiger partial charge in [0.2, 0.25) is 0 Å². The first-order chi connectivity index (χ1) is 24.7. The fraction of sp³-hybridized carbons (Fsp3) is 0.406. The third-order valence-electron chi connectivity index (χ3n) is 8.31. The molecule has 2 aliphatic heterocycles. The molecule has 2 aromatic heterocycles. The molecule has 0 aliphatic carbocycles. The highest BCUT2D eigenvalue weighted by Crippen LogP contribution is 2.39. The van der Waals surface area contributed by atoms with E-state index in [0.29, 0.717) is 13.0 Å².